The van der Waals surface area contributed by atoms with Crippen LogP contribution in [0.3, 0.4) is 0 Å². The second kappa shape index (κ2) is 8.93. The number of fused-ring (bicyclic) bond motifs is 1. The summed E-state index contributed by atoms with van der Waals surface area (Å²) in [5, 5.41) is 22.4. The summed E-state index contributed by atoms with van der Waals surface area (Å²) in [5.41, 5.74) is 4.12. The van der Waals surface area contributed by atoms with E-state index < -0.39 is 17.8 Å². The van der Waals surface area contributed by atoms with Gasteiger partial charge in [0.05, 0.1) is 23.3 Å². The second-order valence-electron chi connectivity index (χ2n) is 8.43. The van der Waals surface area contributed by atoms with Crippen molar-refractivity contribution >= 4 is 11.7 Å². The third-order valence-corrected chi connectivity index (χ3v) is 6.09. The molecule has 0 saturated heterocycles. The molecule has 1 aromatic heterocycles. The highest BCUT2D eigenvalue weighted by Crippen LogP contribution is 2.38. The Balaban J connectivity index is 1.56. The van der Waals surface area contributed by atoms with Gasteiger partial charge in [0.2, 0.25) is 0 Å². The smallest absolute Gasteiger partial charge is 0.416 e. The number of anilines is 2. The minimum atomic E-state index is -4.44. The van der Waals surface area contributed by atoms with Gasteiger partial charge in [0.15, 0.2) is 5.76 Å². The Morgan fingerprint density at radius 2 is 1.71 bits per heavy atom. The molecule has 1 unspecified atom stereocenters. The highest BCUT2D eigenvalue weighted by Gasteiger charge is 2.30. The van der Waals surface area contributed by atoms with Gasteiger partial charge in [-0.1, -0.05) is 36.4 Å². The molecule has 0 amide bonds. The number of hydrogen-bond acceptors (Lipinski definition) is 5. The van der Waals surface area contributed by atoms with E-state index in [9.17, 15) is 18.3 Å². The standard InChI is InChI=1S/C27H20F3N3O2/c28-27(29,30)20-11-8-19(9-12-20)25-24(18-6-4-16(15-31)5-7-18)33-26(35-25)32-23-3-1-2-17-10-13-21(34)14-22(17)23/h1-9,11-12,21,34H,10,13-14H2,(H,32,33). The summed E-state index contributed by atoms with van der Waals surface area (Å²) in [6, 6.07) is 19.5. The van der Waals surface area contributed by atoms with Crippen molar-refractivity contribution in [2.75, 3.05) is 5.32 Å². The summed E-state index contributed by atoms with van der Waals surface area (Å²) in [6.45, 7) is 0. The number of rotatable bonds is 4. The number of alkyl halides is 3. The molecule has 8 heteroatoms. The summed E-state index contributed by atoms with van der Waals surface area (Å²) in [6.07, 6.45) is -2.89. The van der Waals surface area contributed by atoms with E-state index in [-0.39, 0.29) is 6.01 Å². The Bertz CT molecular complexity index is 1400. The van der Waals surface area contributed by atoms with Crippen LogP contribution in [-0.4, -0.2) is 16.2 Å². The second-order valence-corrected chi connectivity index (χ2v) is 8.43. The lowest BCUT2D eigenvalue weighted by Gasteiger charge is -2.23. The molecule has 3 aromatic carbocycles. The molecule has 1 atom stereocenters. The molecule has 176 valence electrons. The number of nitrogens with one attached hydrogen (secondary N) is 1. The van der Waals surface area contributed by atoms with Gasteiger partial charge in [-0.2, -0.15) is 23.4 Å². The van der Waals surface area contributed by atoms with Crippen LogP contribution < -0.4 is 5.32 Å². The first-order chi connectivity index (χ1) is 16.8. The molecule has 35 heavy (non-hydrogen) atoms. The highest BCUT2D eigenvalue weighted by molar-refractivity contribution is 5.79. The monoisotopic (exact) mass is 475 g/mol. The van der Waals surface area contributed by atoms with Crippen LogP contribution in [0.1, 0.15) is 28.7 Å². The van der Waals surface area contributed by atoms with Crippen LogP contribution in [0.25, 0.3) is 22.6 Å². The summed E-state index contributed by atoms with van der Waals surface area (Å²) in [5.74, 6) is 0.302. The van der Waals surface area contributed by atoms with Crippen molar-refractivity contribution in [3.05, 3.63) is 89.0 Å². The fraction of sp³-hybridized carbons (Fsp3) is 0.185. The first-order valence-electron chi connectivity index (χ1n) is 11.1. The van der Waals surface area contributed by atoms with Crippen LogP contribution in [-0.2, 0) is 19.0 Å². The van der Waals surface area contributed by atoms with E-state index in [1.807, 2.05) is 18.2 Å². The molecular weight excluding hydrogens is 455 g/mol. The Labute approximate surface area is 199 Å². The third-order valence-electron chi connectivity index (χ3n) is 6.09. The summed E-state index contributed by atoms with van der Waals surface area (Å²) >= 11 is 0. The van der Waals surface area contributed by atoms with Gasteiger partial charge in [-0.15, -0.1) is 0 Å². The van der Waals surface area contributed by atoms with E-state index in [0.717, 1.165) is 35.4 Å². The molecule has 0 spiro atoms. The molecule has 2 N–H and O–H groups in total. The van der Waals surface area contributed by atoms with Crippen LogP contribution >= 0.6 is 0 Å². The lowest BCUT2D eigenvalue weighted by Crippen LogP contribution is -2.19. The van der Waals surface area contributed by atoms with E-state index in [1.54, 1.807) is 24.3 Å². The predicted octanol–water partition coefficient (Wildman–Crippen LogP) is 6.49. The number of benzene rings is 3. The van der Waals surface area contributed by atoms with Gasteiger partial charge in [0.25, 0.3) is 6.01 Å². The Morgan fingerprint density at radius 3 is 2.40 bits per heavy atom. The Morgan fingerprint density at radius 1 is 1.00 bits per heavy atom. The van der Waals surface area contributed by atoms with Gasteiger partial charge in [0.1, 0.15) is 5.69 Å². The van der Waals surface area contributed by atoms with Crippen molar-refractivity contribution in [1.82, 2.24) is 4.98 Å². The van der Waals surface area contributed by atoms with Crippen LogP contribution in [0.4, 0.5) is 24.9 Å². The van der Waals surface area contributed by atoms with E-state index in [0.29, 0.717) is 41.0 Å². The fourth-order valence-corrected chi connectivity index (χ4v) is 4.28. The molecule has 0 bridgehead atoms. The summed E-state index contributed by atoms with van der Waals surface area (Å²) in [7, 11) is 0. The van der Waals surface area contributed by atoms with Crippen molar-refractivity contribution in [3.63, 3.8) is 0 Å². The lowest BCUT2D eigenvalue weighted by atomic mass is 9.88. The molecule has 1 aliphatic carbocycles. The maximum atomic E-state index is 13.1. The number of aliphatic hydroxyl groups is 1. The molecule has 0 aliphatic heterocycles. The minimum absolute atomic E-state index is 0.174. The first kappa shape index (κ1) is 22.7. The average molecular weight is 475 g/mol. The quantitative estimate of drug-likeness (QED) is 0.352. The topological polar surface area (TPSA) is 82.1 Å². The molecule has 0 fully saturated rings. The maximum absolute atomic E-state index is 13.1. The van der Waals surface area contributed by atoms with Gasteiger partial charge in [-0.05, 0) is 54.3 Å². The van der Waals surface area contributed by atoms with Crippen LogP contribution in [0.5, 0.6) is 0 Å². The van der Waals surface area contributed by atoms with Gasteiger partial charge in [0, 0.05) is 23.2 Å². The first-order valence-corrected chi connectivity index (χ1v) is 11.1. The highest BCUT2D eigenvalue weighted by atomic mass is 19.4. The van der Waals surface area contributed by atoms with E-state index in [2.05, 4.69) is 16.4 Å². The van der Waals surface area contributed by atoms with Crippen LogP contribution in [0.15, 0.2) is 71.1 Å². The number of hydrogen-bond donors (Lipinski definition) is 2. The Hall–Kier alpha value is -4.09. The third kappa shape index (κ3) is 4.63. The summed E-state index contributed by atoms with van der Waals surface area (Å²) in [4.78, 5) is 4.60. The van der Waals surface area contributed by atoms with Crippen molar-refractivity contribution in [3.8, 4) is 28.7 Å². The predicted molar refractivity (Wildman–Crippen MR) is 125 cm³/mol. The Kier molecular flexibility index (Phi) is 5.79. The molecular formula is C27H20F3N3O2. The zero-order valence-electron chi connectivity index (χ0n) is 18.4. The van der Waals surface area contributed by atoms with E-state index >= 15 is 0 Å². The minimum Gasteiger partial charge on any atom is -0.423 e. The number of halogens is 3. The van der Waals surface area contributed by atoms with Crippen molar-refractivity contribution in [2.45, 2.75) is 31.5 Å². The van der Waals surface area contributed by atoms with Crippen LogP contribution in [0, 0.1) is 11.3 Å². The largest absolute Gasteiger partial charge is 0.423 e. The number of nitrogens with zero attached hydrogens (tertiary/aromatic N) is 2. The van der Waals surface area contributed by atoms with Gasteiger partial charge in [-0.25, -0.2) is 0 Å². The SMILES string of the molecule is N#Cc1ccc(-c2nc(Nc3cccc4c3CC(O)CC4)oc2-c2ccc(C(F)(F)F)cc2)cc1. The molecule has 0 radical (unpaired) electrons. The summed E-state index contributed by atoms with van der Waals surface area (Å²) < 4.78 is 45.2. The number of nitriles is 1. The lowest BCUT2D eigenvalue weighted by molar-refractivity contribution is -0.137. The number of aliphatic hydroxyl groups excluding tert-OH is 1. The maximum Gasteiger partial charge on any atom is 0.416 e. The molecule has 1 aliphatic rings. The van der Waals surface area contributed by atoms with Crippen LogP contribution in [0.2, 0.25) is 0 Å². The van der Waals surface area contributed by atoms with E-state index in [1.165, 1.54) is 12.1 Å². The molecule has 5 nitrogen and oxygen atoms in total. The van der Waals surface area contributed by atoms with Gasteiger partial charge >= 0.3 is 6.18 Å². The van der Waals surface area contributed by atoms with Crippen molar-refractivity contribution in [1.29, 1.82) is 5.26 Å². The molecule has 0 saturated carbocycles. The molecule has 5 rings (SSSR count). The normalized spacial score (nSPS) is 15.3. The van der Waals surface area contributed by atoms with Crippen molar-refractivity contribution in [2.24, 2.45) is 0 Å². The van der Waals surface area contributed by atoms with E-state index in [4.69, 9.17) is 9.68 Å². The van der Waals surface area contributed by atoms with Gasteiger partial charge in [-0.3, -0.25) is 0 Å². The van der Waals surface area contributed by atoms with Gasteiger partial charge < -0.3 is 14.8 Å². The zero-order valence-corrected chi connectivity index (χ0v) is 18.4. The zero-order chi connectivity index (χ0) is 24.6. The fourth-order valence-electron chi connectivity index (χ4n) is 4.28. The molecule has 4 aromatic rings. The number of oxazole rings is 1. The van der Waals surface area contributed by atoms with Crippen molar-refractivity contribution < 1.29 is 22.7 Å². The number of aromatic nitrogens is 1. The average Bonchev–Trinajstić information content (AvgIpc) is 3.28. The number of aryl methyl sites for hydroxylation is 1. The molecule has 1 heterocycles.